The summed E-state index contributed by atoms with van der Waals surface area (Å²) >= 11 is 0. The van der Waals surface area contributed by atoms with Gasteiger partial charge < -0.3 is 9.72 Å². The van der Waals surface area contributed by atoms with Crippen LogP contribution in [0.5, 0.6) is 5.75 Å². The van der Waals surface area contributed by atoms with Gasteiger partial charge in [-0.25, -0.2) is 0 Å². The molecule has 0 bridgehead atoms. The Morgan fingerprint density at radius 3 is 2.80 bits per heavy atom. The van der Waals surface area contributed by atoms with Gasteiger partial charge in [-0.3, -0.25) is 0 Å². The van der Waals surface area contributed by atoms with Gasteiger partial charge in [-0.05, 0) is 29.3 Å². The van der Waals surface area contributed by atoms with E-state index < -0.39 is 0 Å². The second-order valence-electron chi connectivity index (χ2n) is 4.78. The number of allylic oxidation sites excluding steroid dienone is 1. The lowest BCUT2D eigenvalue weighted by Crippen LogP contribution is -1.97. The van der Waals surface area contributed by atoms with Gasteiger partial charge in [0.15, 0.2) is 0 Å². The molecule has 2 heteroatoms. The predicted molar refractivity (Wildman–Crippen MR) is 83.3 cm³/mol. The van der Waals surface area contributed by atoms with Crippen molar-refractivity contribution in [3.63, 3.8) is 0 Å². The van der Waals surface area contributed by atoms with Gasteiger partial charge in [0, 0.05) is 23.0 Å². The molecule has 1 unspecified atom stereocenters. The standard InChI is InChI=1S/C18H17NO/c1-3-15(13-7-6-8-14(11-13)20-2)17-12-19-18-10-5-4-9-16(17)18/h3-12,15,19H,1H2,2H3. The topological polar surface area (TPSA) is 25.0 Å². The maximum absolute atomic E-state index is 5.31. The van der Waals surface area contributed by atoms with E-state index in [1.165, 1.54) is 16.5 Å². The smallest absolute Gasteiger partial charge is 0.119 e. The Labute approximate surface area is 118 Å². The maximum Gasteiger partial charge on any atom is 0.119 e. The van der Waals surface area contributed by atoms with Crippen molar-refractivity contribution in [3.8, 4) is 5.75 Å². The normalized spacial score (nSPS) is 12.2. The summed E-state index contributed by atoms with van der Waals surface area (Å²) in [6.07, 6.45) is 4.04. The van der Waals surface area contributed by atoms with Crippen LogP contribution in [0.4, 0.5) is 0 Å². The number of para-hydroxylation sites is 1. The minimum Gasteiger partial charge on any atom is -0.497 e. The van der Waals surface area contributed by atoms with Crippen molar-refractivity contribution < 1.29 is 4.74 Å². The predicted octanol–water partition coefficient (Wildman–Crippen LogP) is 4.49. The van der Waals surface area contributed by atoms with E-state index in [0.717, 1.165) is 11.3 Å². The first kappa shape index (κ1) is 12.5. The molecule has 0 fully saturated rings. The minimum atomic E-state index is 0.154. The van der Waals surface area contributed by atoms with Crippen LogP contribution in [0.3, 0.4) is 0 Å². The second-order valence-corrected chi connectivity index (χ2v) is 4.78. The molecule has 1 heterocycles. The van der Waals surface area contributed by atoms with Crippen LogP contribution in [-0.2, 0) is 0 Å². The average Bonchev–Trinajstić information content (AvgIpc) is 2.93. The Kier molecular flexibility index (Phi) is 3.30. The number of nitrogens with one attached hydrogen (secondary N) is 1. The van der Waals surface area contributed by atoms with Crippen LogP contribution in [0.1, 0.15) is 17.0 Å². The molecular formula is C18H17NO. The van der Waals surface area contributed by atoms with Crippen molar-refractivity contribution in [1.29, 1.82) is 0 Å². The molecule has 20 heavy (non-hydrogen) atoms. The molecule has 0 aliphatic rings. The van der Waals surface area contributed by atoms with Crippen LogP contribution in [0.15, 0.2) is 67.4 Å². The van der Waals surface area contributed by atoms with Gasteiger partial charge in [0.1, 0.15) is 5.75 Å². The lowest BCUT2D eigenvalue weighted by Gasteiger charge is -2.13. The van der Waals surface area contributed by atoms with E-state index in [-0.39, 0.29) is 5.92 Å². The van der Waals surface area contributed by atoms with E-state index >= 15 is 0 Å². The molecule has 0 spiro atoms. The molecule has 0 amide bonds. The molecule has 1 aromatic heterocycles. The van der Waals surface area contributed by atoms with Gasteiger partial charge in [0.25, 0.3) is 0 Å². The molecule has 0 aliphatic heterocycles. The SMILES string of the molecule is C=CC(c1cccc(OC)c1)c1c[nH]c2ccccc12. The van der Waals surface area contributed by atoms with E-state index in [9.17, 15) is 0 Å². The third-order valence-corrected chi connectivity index (χ3v) is 3.64. The molecule has 2 aromatic carbocycles. The molecule has 0 aliphatic carbocycles. The molecule has 0 radical (unpaired) electrons. The van der Waals surface area contributed by atoms with Crippen molar-refractivity contribution in [2.75, 3.05) is 7.11 Å². The second kappa shape index (κ2) is 5.25. The first-order valence-corrected chi connectivity index (χ1v) is 6.66. The van der Waals surface area contributed by atoms with Crippen molar-refractivity contribution in [2.45, 2.75) is 5.92 Å². The van der Waals surface area contributed by atoms with E-state index in [4.69, 9.17) is 4.74 Å². The van der Waals surface area contributed by atoms with Crippen LogP contribution in [0.2, 0.25) is 0 Å². The fourth-order valence-electron chi connectivity index (χ4n) is 2.63. The van der Waals surface area contributed by atoms with Gasteiger partial charge in [0.2, 0.25) is 0 Å². The highest BCUT2D eigenvalue weighted by Crippen LogP contribution is 2.32. The van der Waals surface area contributed by atoms with Gasteiger partial charge in [0.05, 0.1) is 7.11 Å². The van der Waals surface area contributed by atoms with Crippen LogP contribution in [0.25, 0.3) is 10.9 Å². The van der Waals surface area contributed by atoms with Gasteiger partial charge in [-0.15, -0.1) is 6.58 Å². The number of fused-ring (bicyclic) bond motifs is 1. The highest BCUT2D eigenvalue weighted by molar-refractivity contribution is 5.84. The van der Waals surface area contributed by atoms with Crippen LogP contribution in [-0.4, -0.2) is 12.1 Å². The van der Waals surface area contributed by atoms with Crippen molar-refractivity contribution in [1.82, 2.24) is 4.98 Å². The molecule has 0 saturated heterocycles. The van der Waals surface area contributed by atoms with Crippen molar-refractivity contribution >= 4 is 10.9 Å². The summed E-state index contributed by atoms with van der Waals surface area (Å²) in [6, 6.07) is 16.5. The first-order chi connectivity index (χ1) is 9.83. The Hall–Kier alpha value is -2.48. The number of H-pyrrole nitrogens is 1. The highest BCUT2D eigenvalue weighted by Gasteiger charge is 2.15. The number of aromatic amines is 1. The largest absolute Gasteiger partial charge is 0.497 e. The van der Waals surface area contributed by atoms with Crippen molar-refractivity contribution in [2.24, 2.45) is 0 Å². The molecular weight excluding hydrogens is 246 g/mol. The summed E-state index contributed by atoms with van der Waals surface area (Å²) in [5.74, 6) is 1.02. The Morgan fingerprint density at radius 1 is 1.15 bits per heavy atom. The zero-order valence-electron chi connectivity index (χ0n) is 11.5. The summed E-state index contributed by atoms with van der Waals surface area (Å²) in [5, 5.41) is 1.24. The number of benzene rings is 2. The minimum absolute atomic E-state index is 0.154. The summed E-state index contributed by atoms with van der Waals surface area (Å²) in [5.41, 5.74) is 3.57. The first-order valence-electron chi connectivity index (χ1n) is 6.66. The number of rotatable bonds is 4. The van der Waals surface area contributed by atoms with Crippen LogP contribution in [0, 0.1) is 0 Å². The maximum atomic E-state index is 5.31. The lowest BCUT2D eigenvalue weighted by molar-refractivity contribution is 0.414. The third-order valence-electron chi connectivity index (χ3n) is 3.64. The quantitative estimate of drug-likeness (QED) is 0.689. The zero-order valence-corrected chi connectivity index (χ0v) is 11.5. The number of methoxy groups -OCH3 is 1. The fourth-order valence-corrected chi connectivity index (χ4v) is 2.63. The Morgan fingerprint density at radius 2 is 2.00 bits per heavy atom. The Bertz CT molecular complexity index is 742. The summed E-state index contributed by atoms with van der Waals surface area (Å²) in [4.78, 5) is 3.32. The average molecular weight is 263 g/mol. The van der Waals surface area contributed by atoms with E-state index in [2.05, 4.69) is 48.1 Å². The summed E-state index contributed by atoms with van der Waals surface area (Å²) < 4.78 is 5.31. The van der Waals surface area contributed by atoms with Gasteiger partial charge in [-0.2, -0.15) is 0 Å². The molecule has 1 N–H and O–H groups in total. The summed E-state index contributed by atoms with van der Waals surface area (Å²) in [6.45, 7) is 4.00. The molecule has 2 nitrogen and oxygen atoms in total. The number of ether oxygens (including phenoxy) is 1. The van der Waals surface area contributed by atoms with E-state index in [1.54, 1.807) is 7.11 Å². The van der Waals surface area contributed by atoms with E-state index in [1.807, 2.05) is 24.3 Å². The van der Waals surface area contributed by atoms with E-state index in [0.29, 0.717) is 0 Å². The van der Waals surface area contributed by atoms with Crippen LogP contribution < -0.4 is 4.74 Å². The Balaban J connectivity index is 2.11. The molecule has 3 aromatic rings. The van der Waals surface area contributed by atoms with Crippen LogP contribution >= 0.6 is 0 Å². The highest BCUT2D eigenvalue weighted by atomic mass is 16.5. The van der Waals surface area contributed by atoms with Gasteiger partial charge >= 0.3 is 0 Å². The fraction of sp³-hybridized carbons (Fsp3) is 0.111. The van der Waals surface area contributed by atoms with Crippen molar-refractivity contribution in [3.05, 3.63) is 78.5 Å². The number of hydrogen-bond donors (Lipinski definition) is 1. The molecule has 1 atom stereocenters. The monoisotopic (exact) mass is 263 g/mol. The number of aromatic nitrogens is 1. The van der Waals surface area contributed by atoms with Gasteiger partial charge in [-0.1, -0.05) is 36.4 Å². The number of hydrogen-bond acceptors (Lipinski definition) is 1. The molecule has 100 valence electrons. The zero-order chi connectivity index (χ0) is 13.9. The molecule has 3 rings (SSSR count). The third kappa shape index (κ3) is 2.10. The summed E-state index contributed by atoms with van der Waals surface area (Å²) in [7, 11) is 1.69. The lowest BCUT2D eigenvalue weighted by atomic mass is 9.91. The molecule has 0 saturated carbocycles.